The molecule has 2 heterocycles. The predicted octanol–water partition coefficient (Wildman–Crippen LogP) is 7.31. The number of carbonyl (C=O) groups excluding carboxylic acids is 2. The number of carbonyl (C=O) groups is 2. The highest BCUT2D eigenvalue weighted by atomic mass is 32.1. The van der Waals surface area contributed by atoms with Crippen LogP contribution in [0.1, 0.15) is 67.3 Å². The lowest BCUT2D eigenvalue weighted by Gasteiger charge is -2.14. The van der Waals surface area contributed by atoms with E-state index in [-0.39, 0.29) is 17.9 Å². The zero-order valence-corrected chi connectivity index (χ0v) is 24.4. The van der Waals surface area contributed by atoms with Gasteiger partial charge in [-0.05, 0) is 81.8 Å². The highest BCUT2D eigenvalue weighted by Crippen LogP contribution is 2.39. The number of aryl methyl sites for hydroxylation is 3. The average molecular weight is 593 g/mol. The number of nitrogens with one attached hydrogen (secondary N) is 2. The van der Waals surface area contributed by atoms with E-state index < -0.39 is 17.6 Å². The van der Waals surface area contributed by atoms with E-state index in [0.29, 0.717) is 5.56 Å². The number of anilines is 1. The number of benzene rings is 2. The molecule has 2 aromatic heterocycles. The summed E-state index contributed by atoms with van der Waals surface area (Å²) in [5.74, 6) is -0.668. The fourth-order valence-corrected chi connectivity index (χ4v) is 6.76. The van der Waals surface area contributed by atoms with Crippen molar-refractivity contribution in [3.05, 3.63) is 104 Å². The number of rotatable bonds is 7. The van der Waals surface area contributed by atoms with Crippen LogP contribution in [0.4, 0.5) is 18.9 Å². The molecule has 1 aliphatic carbocycles. The quantitative estimate of drug-likeness (QED) is 0.175. The Bertz CT molecular complexity index is 1670. The second-order valence-corrected chi connectivity index (χ2v) is 11.6. The van der Waals surface area contributed by atoms with Gasteiger partial charge in [0.25, 0.3) is 5.91 Å². The standard InChI is InChI=1S/C32H31F3N4O2S/c1-19-11-13-25(14-12-19)37-30(41)29-26-9-4-5-10-27(26)42-31(29)39-20(2)15-23(21(39)3)18-36-38-28(40)17-22-7-6-8-24(16-22)32(33,34)35/h6-8,11-16,18H,4-5,9-10,17H2,1-3H3,(H,37,41)(H,38,40)/b36-18+. The Hall–Kier alpha value is -4.18. The van der Waals surface area contributed by atoms with Crippen LogP contribution >= 0.6 is 11.3 Å². The molecule has 0 atom stereocenters. The van der Waals surface area contributed by atoms with Crippen molar-refractivity contribution in [1.82, 2.24) is 9.99 Å². The summed E-state index contributed by atoms with van der Waals surface area (Å²) in [6.45, 7) is 5.88. The largest absolute Gasteiger partial charge is 0.416 e. The Morgan fingerprint density at radius 2 is 1.76 bits per heavy atom. The Balaban J connectivity index is 1.37. The summed E-state index contributed by atoms with van der Waals surface area (Å²) in [6, 6.07) is 14.3. The molecule has 5 rings (SSSR count). The molecular formula is C32H31F3N4O2S. The Morgan fingerprint density at radius 1 is 1.02 bits per heavy atom. The van der Waals surface area contributed by atoms with Crippen molar-refractivity contribution in [2.75, 3.05) is 5.32 Å². The van der Waals surface area contributed by atoms with Crippen molar-refractivity contribution in [1.29, 1.82) is 0 Å². The molecule has 0 radical (unpaired) electrons. The molecule has 218 valence electrons. The van der Waals surface area contributed by atoms with E-state index in [2.05, 4.69) is 20.4 Å². The Labute approximate surface area is 246 Å². The lowest BCUT2D eigenvalue weighted by molar-refractivity contribution is -0.137. The summed E-state index contributed by atoms with van der Waals surface area (Å²) >= 11 is 1.64. The van der Waals surface area contributed by atoms with Gasteiger partial charge in [-0.25, -0.2) is 5.43 Å². The zero-order chi connectivity index (χ0) is 30.0. The molecule has 4 aromatic rings. The number of aromatic nitrogens is 1. The van der Waals surface area contributed by atoms with Gasteiger partial charge in [0.05, 0.1) is 23.8 Å². The molecule has 0 bridgehead atoms. The second-order valence-electron chi connectivity index (χ2n) is 10.5. The van der Waals surface area contributed by atoms with E-state index in [0.717, 1.165) is 76.6 Å². The molecule has 2 amide bonds. The fourth-order valence-electron chi connectivity index (χ4n) is 5.26. The van der Waals surface area contributed by atoms with Crippen LogP contribution in [0.25, 0.3) is 5.00 Å². The third-order valence-corrected chi connectivity index (χ3v) is 8.65. The third-order valence-electron chi connectivity index (χ3n) is 7.37. The number of hydrogen-bond acceptors (Lipinski definition) is 4. The van der Waals surface area contributed by atoms with Crippen LogP contribution in [0.3, 0.4) is 0 Å². The Morgan fingerprint density at radius 3 is 2.50 bits per heavy atom. The molecule has 0 aliphatic heterocycles. The summed E-state index contributed by atoms with van der Waals surface area (Å²) in [5.41, 5.74) is 8.02. The van der Waals surface area contributed by atoms with Crippen molar-refractivity contribution in [3.63, 3.8) is 0 Å². The van der Waals surface area contributed by atoms with Crippen LogP contribution in [0, 0.1) is 20.8 Å². The molecule has 0 fully saturated rings. The van der Waals surface area contributed by atoms with Crippen LogP contribution < -0.4 is 10.7 Å². The first kappa shape index (κ1) is 29.3. The third kappa shape index (κ3) is 6.33. The molecule has 1 aliphatic rings. The molecule has 0 unspecified atom stereocenters. The molecule has 6 nitrogen and oxygen atoms in total. The van der Waals surface area contributed by atoms with Gasteiger partial charge in [0.2, 0.25) is 5.91 Å². The number of fused-ring (bicyclic) bond motifs is 1. The van der Waals surface area contributed by atoms with Gasteiger partial charge >= 0.3 is 6.18 Å². The molecule has 0 spiro atoms. The summed E-state index contributed by atoms with van der Waals surface area (Å²) in [6.07, 6.45) is 0.729. The smallest absolute Gasteiger partial charge is 0.322 e. The highest BCUT2D eigenvalue weighted by molar-refractivity contribution is 7.15. The maximum Gasteiger partial charge on any atom is 0.416 e. The maximum atomic E-state index is 13.7. The molecule has 10 heteroatoms. The van der Waals surface area contributed by atoms with Crippen LogP contribution in [0.5, 0.6) is 0 Å². The number of hydrazone groups is 1. The minimum Gasteiger partial charge on any atom is -0.322 e. The molecule has 0 saturated carbocycles. The van der Waals surface area contributed by atoms with Gasteiger partial charge in [-0.15, -0.1) is 11.3 Å². The van der Waals surface area contributed by atoms with Gasteiger partial charge in [-0.1, -0.05) is 35.9 Å². The van der Waals surface area contributed by atoms with Crippen molar-refractivity contribution < 1.29 is 22.8 Å². The normalized spacial score (nSPS) is 13.3. The molecule has 2 aromatic carbocycles. The van der Waals surface area contributed by atoms with Crippen molar-refractivity contribution >= 4 is 35.1 Å². The van der Waals surface area contributed by atoms with Crippen molar-refractivity contribution in [2.24, 2.45) is 5.10 Å². The minimum absolute atomic E-state index is 0.141. The van der Waals surface area contributed by atoms with Crippen molar-refractivity contribution in [3.8, 4) is 5.00 Å². The van der Waals surface area contributed by atoms with Crippen LogP contribution in [0.2, 0.25) is 0 Å². The maximum absolute atomic E-state index is 13.7. The van der Waals surface area contributed by atoms with E-state index in [4.69, 9.17) is 0 Å². The topological polar surface area (TPSA) is 75.5 Å². The van der Waals surface area contributed by atoms with Gasteiger partial charge < -0.3 is 9.88 Å². The molecule has 2 N–H and O–H groups in total. The lowest BCUT2D eigenvalue weighted by atomic mass is 9.95. The minimum atomic E-state index is -4.48. The van der Waals surface area contributed by atoms with Crippen molar-refractivity contribution in [2.45, 2.75) is 59.1 Å². The first-order chi connectivity index (χ1) is 20.0. The fraction of sp³-hybridized carbons (Fsp3) is 0.281. The summed E-state index contributed by atoms with van der Waals surface area (Å²) in [5, 5.41) is 8.00. The van der Waals surface area contributed by atoms with Gasteiger partial charge in [-0.2, -0.15) is 18.3 Å². The van der Waals surface area contributed by atoms with Gasteiger partial charge in [0.1, 0.15) is 5.00 Å². The second kappa shape index (κ2) is 12.0. The first-order valence-electron chi connectivity index (χ1n) is 13.7. The number of hydrogen-bond donors (Lipinski definition) is 2. The van der Waals surface area contributed by atoms with E-state index in [1.807, 2.05) is 51.1 Å². The molecule has 42 heavy (non-hydrogen) atoms. The Kier molecular flexibility index (Phi) is 8.36. The van der Waals surface area contributed by atoms with E-state index >= 15 is 0 Å². The van der Waals surface area contributed by atoms with Crippen LogP contribution in [-0.4, -0.2) is 22.6 Å². The van der Waals surface area contributed by atoms with E-state index in [1.165, 1.54) is 23.2 Å². The molecular weight excluding hydrogens is 561 g/mol. The average Bonchev–Trinajstić information content (AvgIpc) is 3.45. The van der Waals surface area contributed by atoms with E-state index in [9.17, 15) is 22.8 Å². The van der Waals surface area contributed by atoms with Crippen LogP contribution in [0.15, 0.2) is 59.7 Å². The molecule has 0 saturated heterocycles. The van der Waals surface area contributed by atoms with Gasteiger partial charge in [0, 0.05) is 27.5 Å². The number of halogens is 3. The first-order valence-corrected chi connectivity index (χ1v) is 14.5. The predicted molar refractivity (Wildman–Crippen MR) is 160 cm³/mol. The SMILES string of the molecule is Cc1ccc(NC(=O)c2c(-n3c(C)cc(/C=N/NC(=O)Cc4cccc(C(F)(F)F)c4)c3C)sc3c2CCCC3)cc1. The summed E-state index contributed by atoms with van der Waals surface area (Å²) in [4.78, 5) is 27.3. The van der Waals surface area contributed by atoms with Gasteiger partial charge in [0.15, 0.2) is 0 Å². The summed E-state index contributed by atoms with van der Waals surface area (Å²) in [7, 11) is 0. The number of nitrogens with zero attached hydrogens (tertiary/aromatic N) is 2. The lowest BCUT2D eigenvalue weighted by Crippen LogP contribution is -2.20. The highest BCUT2D eigenvalue weighted by Gasteiger charge is 2.30. The number of thiophene rings is 1. The monoisotopic (exact) mass is 592 g/mol. The van der Waals surface area contributed by atoms with Gasteiger partial charge in [-0.3, -0.25) is 9.59 Å². The zero-order valence-electron chi connectivity index (χ0n) is 23.6. The number of amides is 2. The van der Waals surface area contributed by atoms with E-state index in [1.54, 1.807) is 11.3 Å². The number of alkyl halides is 3. The van der Waals surface area contributed by atoms with Crippen LogP contribution in [-0.2, 0) is 30.2 Å². The summed E-state index contributed by atoms with van der Waals surface area (Å²) < 4.78 is 41.0.